The van der Waals surface area contributed by atoms with Crippen LogP contribution in [0.5, 0.6) is 11.5 Å². The largest absolute Gasteiger partial charge is 0.457 e. The zero-order valence-corrected chi connectivity index (χ0v) is 41.9. The summed E-state index contributed by atoms with van der Waals surface area (Å²) < 4.78 is 9.47. The molecular weight excluding hydrogens is 841 g/mol. The summed E-state index contributed by atoms with van der Waals surface area (Å²) >= 11 is 0. The van der Waals surface area contributed by atoms with Crippen molar-refractivity contribution in [2.24, 2.45) is 0 Å². The Bertz CT molecular complexity index is 3350. The number of hydrogen-bond donors (Lipinski definition) is 0. The van der Waals surface area contributed by atoms with Crippen LogP contribution < -0.4 is 14.5 Å². The molecule has 3 heterocycles. The molecule has 9 aromatic rings. The number of pyridine rings is 1. The molecule has 5 heteroatoms. The fraction of sp³-hybridized carbons (Fsp3) is 0.234. The summed E-state index contributed by atoms with van der Waals surface area (Å²) in [5.74, 6) is 2.42. The van der Waals surface area contributed by atoms with Gasteiger partial charge in [-0.25, -0.2) is 4.98 Å². The fourth-order valence-corrected chi connectivity index (χ4v) is 9.90. The maximum absolute atomic E-state index is 7.16. The van der Waals surface area contributed by atoms with Crippen LogP contribution in [0.2, 0.25) is 0 Å². The van der Waals surface area contributed by atoms with Crippen LogP contribution in [-0.2, 0) is 21.7 Å². The van der Waals surface area contributed by atoms with Crippen LogP contribution in [0.1, 0.15) is 108 Å². The average Bonchev–Trinajstić information content (AvgIpc) is 3.94. The molecule has 0 amide bonds. The minimum absolute atomic E-state index is 0.00241. The minimum Gasteiger partial charge on any atom is -0.457 e. The highest BCUT2D eigenvalue weighted by molar-refractivity contribution is 6.10. The Labute approximate surface area is 409 Å². The lowest BCUT2D eigenvalue weighted by Gasteiger charge is -2.30. The normalized spacial score (nSPS) is 13.6. The van der Waals surface area contributed by atoms with E-state index in [1.54, 1.807) is 0 Å². The summed E-state index contributed by atoms with van der Waals surface area (Å²) in [7, 11) is 0. The second-order valence-corrected chi connectivity index (χ2v) is 21.9. The summed E-state index contributed by atoms with van der Waals surface area (Å²) in [5, 5.41) is 2.37. The number of ether oxygens (including phenoxy) is 1. The van der Waals surface area contributed by atoms with Gasteiger partial charge in [0.05, 0.1) is 23.4 Å². The quantitative estimate of drug-likeness (QED) is 0.137. The zero-order chi connectivity index (χ0) is 48.3. The van der Waals surface area contributed by atoms with Gasteiger partial charge in [-0.1, -0.05) is 178 Å². The topological polar surface area (TPSA) is 33.5 Å². The molecule has 7 aromatic carbocycles. The predicted octanol–water partition coefficient (Wildman–Crippen LogP) is 16.5. The highest BCUT2D eigenvalue weighted by atomic mass is 16.5. The van der Waals surface area contributed by atoms with E-state index in [1.165, 1.54) is 33.2 Å². The Morgan fingerprint density at radius 3 is 1.71 bits per heavy atom. The Morgan fingerprint density at radius 1 is 0.435 bits per heavy atom. The number of nitrogens with zero attached hydrogens (tertiary/aromatic N) is 4. The van der Waals surface area contributed by atoms with Crippen LogP contribution in [-0.4, -0.2) is 16.2 Å². The van der Waals surface area contributed by atoms with E-state index in [4.69, 9.17) is 9.72 Å². The summed E-state index contributed by atoms with van der Waals surface area (Å²) in [4.78, 5) is 9.81. The lowest BCUT2D eigenvalue weighted by Crippen LogP contribution is -2.27. The molecule has 346 valence electrons. The summed E-state index contributed by atoms with van der Waals surface area (Å²) in [5.41, 5.74) is 13.6. The number of anilines is 2. The summed E-state index contributed by atoms with van der Waals surface area (Å²) in [6.45, 7) is 23.5. The van der Waals surface area contributed by atoms with Gasteiger partial charge < -0.3 is 14.5 Å². The molecule has 0 N–H and O–H groups in total. The minimum atomic E-state index is -0.340. The standard InChI is InChI=1S/C64H64N4O/c1-61(2,3)47-29-32-57-56(38-47)55-31-30-53(41-58(55)68(57)60-39-48(33-34-65-60)62(4,5)6)69-54-37-50(64(9,10)46-25-18-13-19-26-46)36-52(40-54)67-43-66(42-59(67)44-21-14-11-15-22-44)51-28-20-27-49(35-51)63(7,8)45-23-16-12-17-24-45/h11-42H,43H2,1-10H3. The lowest BCUT2D eigenvalue weighted by molar-refractivity contribution is 0.480. The van der Waals surface area contributed by atoms with Gasteiger partial charge in [0.2, 0.25) is 0 Å². The third-order valence-electron chi connectivity index (χ3n) is 14.4. The SMILES string of the molecule is CC(C)(C)c1ccnc(-n2c3ccc(C(C)(C)C)cc3c3ccc(Oc4cc(N5CN(c6cccc(C(C)(C)c7ccccc7)c6)C=C5c5ccccc5)cc(C(C)(C)c5ccccc5)c4)cc32)c1. The van der Waals surface area contributed by atoms with Gasteiger partial charge in [0.1, 0.15) is 17.3 Å². The maximum Gasteiger partial charge on any atom is 0.137 e. The highest BCUT2D eigenvalue weighted by Crippen LogP contribution is 2.44. The molecule has 0 saturated carbocycles. The third kappa shape index (κ3) is 8.72. The van der Waals surface area contributed by atoms with E-state index in [0.717, 1.165) is 61.9 Å². The van der Waals surface area contributed by atoms with Crippen molar-refractivity contribution in [2.45, 2.75) is 90.9 Å². The first-order valence-corrected chi connectivity index (χ1v) is 24.4. The summed E-state index contributed by atoms with van der Waals surface area (Å²) in [6.07, 6.45) is 4.25. The molecule has 2 aromatic heterocycles. The first kappa shape index (κ1) is 45.4. The lowest BCUT2D eigenvalue weighted by atomic mass is 9.78. The first-order chi connectivity index (χ1) is 32.9. The molecule has 0 unspecified atom stereocenters. The van der Waals surface area contributed by atoms with Crippen LogP contribution in [0, 0.1) is 0 Å². The molecule has 1 aliphatic heterocycles. The van der Waals surface area contributed by atoms with Gasteiger partial charge in [-0.2, -0.15) is 0 Å². The first-order valence-electron chi connectivity index (χ1n) is 24.4. The van der Waals surface area contributed by atoms with Gasteiger partial charge in [-0.3, -0.25) is 4.57 Å². The Kier molecular flexibility index (Phi) is 11.4. The van der Waals surface area contributed by atoms with Crippen LogP contribution in [0.4, 0.5) is 11.4 Å². The van der Waals surface area contributed by atoms with Crippen molar-refractivity contribution in [1.82, 2.24) is 9.55 Å². The molecular formula is C64H64N4O. The van der Waals surface area contributed by atoms with E-state index in [2.05, 4.69) is 272 Å². The second kappa shape index (κ2) is 17.3. The van der Waals surface area contributed by atoms with Gasteiger partial charge in [-0.15, -0.1) is 0 Å². The van der Waals surface area contributed by atoms with E-state index in [0.29, 0.717) is 6.67 Å². The van der Waals surface area contributed by atoms with E-state index in [1.807, 2.05) is 6.20 Å². The zero-order valence-electron chi connectivity index (χ0n) is 41.9. The van der Waals surface area contributed by atoms with Crippen LogP contribution in [0.15, 0.2) is 194 Å². The van der Waals surface area contributed by atoms with Gasteiger partial charge in [0, 0.05) is 57.5 Å². The number of fused-ring (bicyclic) bond motifs is 3. The smallest absolute Gasteiger partial charge is 0.137 e. The van der Waals surface area contributed by atoms with Crippen molar-refractivity contribution in [3.8, 4) is 17.3 Å². The van der Waals surface area contributed by atoms with Crippen LogP contribution in [0.3, 0.4) is 0 Å². The molecule has 0 saturated heterocycles. The number of benzene rings is 7. The highest BCUT2D eigenvalue weighted by Gasteiger charge is 2.31. The number of aromatic nitrogens is 2. The van der Waals surface area contributed by atoms with Crippen LogP contribution >= 0.6 is 0 Å². The number of hydrogen-bond acceptors (Lipinski definition) is 4. The van der Waals surface area contributed by atoms with Gasteiger partial charge >= 0.3 is 0 Å². The molecule has 0 fully saturated rings. The molecule has 0 aliphatic carbocycles. The molecule has 0 bridgehead atoms. The summed E-state index contributed by atoms with van der Waals surface area (Å²) in [6, 6.07) is 66.0. The van der Waals surface area contributed by atoms with Crippen molar-refractivity contribution in [1.29, 1.82) is 0 Å². The molecule has 69 heavy (non-hydrogen) atoms. The number of rotatable bonds is 10. The predicted molar refractivity (Wildman–Crippen MR) is 290 cm³/mol. The molecule has 10 rings (SSSR count). The van der Waals surface area contributed by atoms with E-state index in [9.17, 15) is 0 Å². The Hall–Kier alpha value is -7.37. The van der Waals surface area contributed by atoms with Crippen molar-refractivity contribution < 1.29 is 4.74 Å². The molecule has 0 atom stereocenters. The van der Waals surface area contributed by atoms with Gasteiger partial charge in [-0.05, 0) is 110 Å². The maximum atomic E-state index is 7.16. The second-order valence-electron chi connectivity index (χ2n) is 21.9. The van der Waals surface area contributed by atoms with Gasteiger partial charge in [0.25, 0.3) is 0 Å². The Morgan fingerprint density at radius 2 is 1.04 bits per heavy atom. The van der Waals surface area contributed by atoms with Crippen molar-refractivity contribution in [2.75, 3.05) is 16.5 Å². The van der Waals surface area contributed by atoms with Crippen molar-refractivity contribution >= 4 is 38.9 Å². The fourth-order valence-electron chi connectivity index (χ4n) is 9.90. The molecule has 0 spiro atoms. The van der Waals surface area contributed by atoms with E-state index < -0.39 is 0 Å². The third-order valence-corrected chi connectivity index (χ3v) is 14.4. The van der Waals surface area contributed by atoms with Gasteiger partial charge in [0.15, 0.2) is 0 Å². The van der Waals surface area contributed by atoms with Crippen molar-refractivity contribution in [3.63, 3.8) is 0 Å². The van der Waals surface area contributed by atoms with E-state index in [-0.39, 0.29) is 21.7 Å². The molecule has 5 nitrogen and oxygen atoms in total. The molecule has 0 radical (unpaired) electrons. The van der Waals surface area contributed by atoms with E-state index >= 15 is 0 Å². The van der Waals surface area contributed by atoms with Crippen LogP contribution in [0.25, 0.3) is 33.3 Å². The monoisotopic (exact) mass is 905 g/mol. The van der Waals surface area contributed by atoms with Crippen molar-refractivity contribution in [3.05, 3.63) is 233 Å². The molecule has 1 aliphatic rings. The Balaban J connectivity index is 1.10. The average molecular weight is 905 g/mol.